The SMILES string of the molecule is OBOC1=CC=C(N(c2ccccc2)c2ccc3ccccc3c2)CC1. The Morgan fingerprint density at radius 1 is 0.769 bits per heavy atom. The van der Waals surface area contributed by atoms with Crippen molar-refractivity contribution < 1.29 is 9.68 Å². The zero-order valence-corrected chi connectivity index (χ0v) is 14.5. The number of hydrogen-bond acceptors (Lipinski definition) is 3. The molecule has 0 bridgehead atoms. The van der Waals surface area contributed by atoms with Crippen molar-refractivity contribution in [2.45, 2.75) is 12.8 Å². The lowest BCUT2D eigenvalue weighted by Crippen LogP contribution is -2.18. The number of allylic oxidation sites excluding steroid dienone is 4. The molecule has 3 aromatic carbocycles. The van der Waals surface area contributed by atoms with E-state index >= 15 is 0 Å². The Kier molecular flexibility index (Phi) is 4.76. The van der Waals surface area contributed by atoms with Crippen LogP contribution in [-0.2, 0) is 4.65 Å². The van der Waals surface area contributed by atoms with Gasteiger partial charge in [0, 0.05) is 23.5 Å². The Balaban J connectivity index is 1.78. The third-order valence-electron chi connectivity index (χ3n) is 4.63. The summed E-state index contributed by atoms with van der Waals surface area (Å²) in [5.41, 5.74) is 3.48. The zero-order valence-electron chi connectivity index (χ0n) is 14.5. The Morgan fingerprint density at radius 3 is 2.27 bits per heavy atom. The van der Waals surface area contributed by atoms with Crippen LogP contribution < -0.4 is 4.90 Å². The van der Waals surface area contributed by atoms with Gasteiger partial charge in [0.05, 0.1) is 5.76 Å². The first-order chi connectivity index (χ1) is 12.8. The minimum Gasteiger partial charge on any atom is -0.542 e. The molecule has 0 aliphatic heterocycles. The summed E-state index contributed by atoms with van der Waals surface area (Å²) in [6, 6.07) is 25.4. The van der Waals surface area contributed by atoms with Crippen LogP contribution in [0.5, 0.6) is 0 Å². The lowest BCUT2D eigenvalue weighted by molar-refractivity contribution is 0.353. The molecule has 0 heterocycles. The van der Waals surface area contributed by atoms with E-state index in [2.05, 4.69) is 77.7 Å². The van der Waals surface area contributed by atoms with Gasteiger partial charge in [0.2, 0.25) is 0 Å². The first kappa shape index (κ1) is 16.5. The van der Waals surface area contributed by atoms with Crippen LogP contribution in [0.2, 0.25) is 0 Å². The molecule has 0 fully saturated rings. The summed E-state index contributed by atoms with van der Waals surface area (Å²) >= 11 is 0. The molecule has 1 aliphatic rings. The van der Waals surface area contributed by atoms with Gasteiger partial charge in [0.15, 0.2) is 0 Å². The molecule has 1 aliphatic carbocycles. The smallest absolute Gasteiger partial charge is 0.503 e. The quantitative estimate of drug-likeness (QED) is 0.676. The van der Waals surface area contributed by atoms with Gasteiger partial charge >= 0.3 is 7.69 Å². The molecule has 0 atom stereocenters. The molecule has 4 rings (SSSR count). The van der Waals surface area contributed by atoms with Crippen LogP contribution in [-0.4, -0.2) is 12.7 Å². The number of rotatable bonds is 5. The number of benzene rings is 3. The number of anilines is 2. The minimum absolute atomic E-state index is 0.276. The van der Waals surface area contributed by atoms with Crippen molar-refractivity contribution in [2.75, 3.05) is 4.90 Å². The van der Waals surface area contributed by atoms with Crippen LogP contribution in [0.3, 0.4) is 0 Å². The maximum Gasteiger partial charge on any atom is 0.503 e. The van der Waals surface area contributed by atoms with Gasteiger partial charge in [-0.1, -0.05) is 48.5 Å². The van der Waals surface area contributed by atoms with E-state index in [0.717, 1.165) is 30.0 Å². The minimum atomic E-state index is -0.276. The number of nitrogens with zero attached hydrogens (tertiary/aromatic N) is 1. The standard InChI is InChI=1S/C22H20BNO2/c25-23-26-22-14-12-20(13-15-22)24(19-8-2-1-3-9-19)21-11-10-17-6-4-5-7-18(17)16-21/h1-12,14,16,23,25H,13,15H2. The Bertz CT molecular complexity index is 966. The first-order valence-electron chi connectivity index (χ1n) is 8.82. The predicted molar refractivity (Wildman–Crippen MR) is 108 cm³/mol. The summed E-state index contributed by atoms with van der Waals surface area (Å²) in [5.74, 6) is 0.822. The van der Waals surface area contributed by atoms with Crippen molar-refractivity contribution in [3.05, 3.63) is 96.4 Å². The van der Waals surface area contributed by atoms with Crippen molar-refractivity contribution >= 4 is 29.8 Å². The summed E-state index contributed by atoms with van der Waals surface area (Å²) in [4.78, 5) is 2.29. The fourth-order valence-corrected chi connectivity index (χ4v) is 3.37. The lowest BCUT2D eigenvalue weighted by Gasteiger charge is -2.30. The molecule has 0 saturated heterocycles. The van der Waals surface area contributed by atoms with Gasteiger partial charge in [-0.2, -0.15) is 0 Å². The fourth-order valence-electron chi connectivity index (χ4n) is 3.37. The number of fused-ring (bicyclic) bond motifs is 1. The monoisotopic (exact) mass is 341 g/mol. The second-order valence-electron chi connectivity index (χ2n) is 6.27. The van der Waals surface area contributed by atoms with Crippen LogP contribution >= 0.6 is 0 Å². The Labute approximate surface area is 154 Å². The highest BCUT2D eigenvalue weighted by molar-refractivity contribution is 6.16. The molecule has 128 valence electrons. The second kappa shape index (κ2) is 7.50. The van der Waals surface area contributed by atoms with E-state index in [1.807, 2.05) is 12.1 Å². The van der Waals surface area contributed by atoms with Crippen molar-refractivity contribution in [1.82, 2.24) is 0 Å². The molecule has 3 aromatic rings. The molecule has 0 radical (unpaired) electrons. The number of para-hydroxylation sites is 1. The maximum atomic E-state index is 8.96. The van der Waals surface area contributed by atoms with E-state index in [-0.39, 0.29) is 7.69 Å². The molecule has 0 aromatic heterocycles. The topological polar surface area (TPSA) is 32.7 Å². The summed E-state index contributed by atoms with van der Waals surface area (Å²) in [7, 11) is -0.276. The van der Waals surface area contributed by atoms with Gasteiger partial charge in [0.25, 0.3) is 0 Å². The van der Waals surface area contributed by atoms with Crippen LogP contribution in [0.15, 0.2) is 96.4 Å². The van der Waals surface area contributed by atoms with E-state index in [1.165, 1.54) is 16.5 Å². The van der Waals surface area contributed by atoms with Gasteiger partial charge in [-0.15, -0.1) is 0 Å². The second-order valence-corrected chi connectivity index (χ2v) is 6.27. The first-order valence-corrected chi connectivity index (χ1v) is 8.82. The van der Waals surface area contributed by atoms with Crippen molar-refractivity contribution in [3.8, 4) is 0 Å². The molecular formula is C22H20BNO2. The Morgan fingerprint density at radius 2 is 1.54 bits per heavy atom. The average molecular weight is 341 g/mol. The molecule has 0 spiro atoms. The highest BCUT2D eigenvalue weighted by atomic mass is 16.5. The maximum absolute atomic E-state index is 8.96. The van der Waals surface area contributed by atoms with Gasteiger partial charge < -0.3 is 14.6 Å². The lowest BCUT2D eigenvalue weighted by atomic mass is 10.0. The van der Waals surface area contributed by atoms with Crippen molar-refractivity contribution in [2.24, 2.45) is 0 Å². The van der Waals surface area contributed by atoms with E-state index in [4.69, 9.17) is 9.68 Å². The van der Waals surface area contributed by atoms with Crippen LogP contribution in [0, 0.1) is 0 Å². The third-order valence-corrected chi connectivity index (χ3v) is 4.63. The average Bonchev–Trinajstić information content (AvgIpc) is 2.70. The van der Waals surface area contributed by atoms with E-state index in [1.54, 1.807) is 0 Å². The van der Waals surface area contributed by atoms with Gasteiger partial charge in [-0.3, -0.25) is 0 Å². The van der Waals surface area contributed by atoms with Crippen molar-refractivity contribution in [1.29, 1.82) is 0 Å². The normalized spacial score (nSPS) is 13.7. The fraction of sp³-hybridized carbons (Fsp3) is 0.0909. The molecule has 3 nitrogen and oxygen atoms in total. The Hall–Kier alpha value is -2.98. The van der Waals surface area contributed by atoms with Crippen LogP contribution in [0.25, 0.3) is 10.8 Å². The van der Waals surface area contributed by atoms with Gasteiger partial charge in [0.1, 0.15) is 0 Å². The summed E-state index contributed by atoms with van der Waals surface area (Å²) in [6.45, 7) is 0. The van der Waals surface area contributed by atoms with Crippen LogP contribution in [0.1, 0.15) is 12.8 Å². The molecule has 0 unspecified atom stereocenters. The summed E-state index contributed by atoms with van der Waals surface area (Å²) in [6.07, 6.45) is 5.67. The van der Waals surface area contributed by atoms with E-state index < -0.39 is 0 Å². The predicted octanol–water partition coefficient (Wildman–Crippen LogP) is 4.81. The summed E-state index contributed by atoms with van der Waals surface area (Å²) < 4.78 is 5.23. The number of hydrogen-bond donors (Lipinski definition) is 1. The highest BCUT2D eigenvalue weighted by Gasteiger charge is 2.17. The molecule has 0 saturated carbocycles. The molecule has 1 N–H and O–H groups in total. The molecule has 26 heavy (non-hydrogen) atoms. The third kappa shape index (κ3) is 3.37. The van der Waals surface area contributed by atoms with Gasteiger partial charge in [-0.05, 0) is 53.6 Å². The largest absolute Gasteiger partial charge is 0.542 e. The molecular weight excluding hydrogens is 321 g/mol. The van der Waals surface area contributed by atoms with Crippen LogP contribution in [0.4, 0.5) is 11.4 Å². The molecule has 0 amide bonds. The zero-order chi connectivity index (χ0) is 17.8. The highest BCUT2D eigenvalue weighted by Crippen LogP contribution is 2.35. The summed E-state index contributed by atoms with van der Waals surface area (Å²) in [5, 5.41) is 11.4. The van der Waals surface area contributed by atoms with Crippen molar-refractivity contribution in [3.63, 3.8) is 0 Å². The molecule has 4 heteroatoms. The van der Waals surface area contributed by atoms with E-state index in [0.29, 0.717) is 0 Å². The van der Waals surface area contributed by atoms with E-state index in [9.17, 15) is 0 Å². The van der Waals surface area contributed by atoms with Gasteiger partial charge in [-0.25, -0.2) is 0 Å².